The summed E-state index contributed by atoms with van der Waals surface area (Å²) in [5.41, 5.74) is 17.2. The van der Waals surface area contributed by atoms with Crippen molar-refractivity contribution in [3.05, 3.63) is 41.6 Å². The number of hydrazine groups is 1. The van der Waals surface area contributed by atoms with Crippen LogP contribution in [0.15, 0.2) is 30.5 Å². The number of nitrogen functional groups attached to an aromatic ring is 1. The molecule has 2 rings (SSSR count). The second kappa shape index (κ2) is 8.11. The van der Waals surface area contributed by atoms with E-state index in [2.05, 4.69) is 15.4 Å². The summed E-state index contributed by atoms with van der Waals surface area (Å²) < 4.78 is 5.42. The van der Waals surface area contributed by atoms with Gasteiger partial charge in [0, 0.05) is 25.4 Å². The minimum Gasteiger partial charge on any atom is -0.443 e. The highest BCUT2D eigenvalue weighted by Crippen LogP contribution is 2.22. The van der Waals surface area contributed by atoms with Gasteiger partial charge >= 0.3 is 6.09 Å². The van der Waals surface area contributed by atoms with Gasteiger partial charge in [-0.05, 0) is 44.0 Å². The molecule has 0 fully saturated rings. The molecule has 1 amide bonds. The Bertz CT molecular complexity index is 773. The molecule has 1 aromatic heterocycles. The Morgan fingerprint density at radius 1 is 1.27 bits per heavy atom. The van der Waals surface area contributed by atoms with E-state index in [1.54, 1.807) is 19.3 Å². The van der Waals surface area contributed by atoms with Crippen LogP contribution in [0.4, 0.5) is 10.7 Å². The fraction of sp³-hybridized carbons (Fsp3) is 0.389. The van der Waals surface area contributed by atoms with Crippen molar-refractivity contribution in [3.63, 3.8) is 0 Å². The van der Waals surface area contributed by atoms with E-state index in [4.69, 9.17) is 16.2 Å². The average Bonchev–Trinajstić information content (AvgIpc) is 2.57. The van der Waals surface area contributed by atoms with E-state index in [1.165, 1.54) is 5.01 Å². The summed E-state index contributed by atoms with van der Waals surface area (Å²) >= 11 is 0. The molecule has 8 nitrogen and oxygen atoms in total. The molecule has 2 aromatic rings. The molecule has 1 heterocycles. The van der Waals surface area contributed by atoms with Gasteiger partial charge in [0.05, 0.1) is 12.2 Å². The Balaban J connectivity index is 2.31. The minimum absolute atomic E-state index is 0.206. The molecule has 0 aliphatic rings. The molecular weight excluding hydrogens is 332 g/mol. The Morgan fingerprint density at radius 3 is 2.58 bits per heavy atom. The Labute approximate surface area is 153 Å². The van der Waals surface area contributed by atoms with Gasteiger partial charge in [0.2, 0.25) is 5.95 Å². The maximum Gasteiger partial charge on any atom is 0.425 e. The number of hydrogen-bond acceptors (Lipinski definition) is 7. The largest absolute Gasteiger partial charge is 0.443 e. The maximum atomic E-state index is 12.4. The normalized spacial score (nSPS) is 11.3. The van der Waals surface area contributed by atoms with E-state index in [-0.39, 0.29) is 5.95 Å². The second-order valence-electron chi connectivity index (χ2n) is 6.78. The third-order valence-electron chi connectivity index (χ3n) is 3.61. The Hall–Kier alpha value is -2.71. The van der Waals surface area contributed by atoms with Crippen LogP contribution in [-0.2, 0) is 17.8 Å². The van der Waals surface area contributed by atoms with Crippen molar-refractivity contribution < 1.29 is 9.53 Å². The summed E-state index contributed by atoms with van der Waals surface area (Å²) in [6.45, 7) is 6.12. The number of nitrogens with zero attached hydrogens (tertiary/aromatic N) is 3. The smallest absolute Gasteiger partial charge is 0.425 e. The van der Waals surface area contributed by atoms with E-state index in [1.807, 2.05) is 39.0 Å². The molecule has 1 aromatic carbocycles. The summed E-state index contributed by atoms with van der Waals surface area (Å²) in [5, 5.41) is 1.40. The molecule has 5 N–H and O–H groups in total. The Kier molecular flexibility index (Phi) is 6.12. The van der Waals surface area contributed by atoms with E-state index >= 15 is 0 Å². The van der Waals surface area contributed by atoms with Crippen molar-refractivity contribution in [1.82, 2.24) is 20.4 Å². The number of nitrogens with one attached hydrogen (secondary N) is 1. The zero-order valence-electron chi connectivity index (χ0n) is 15.6. The molecule has 0 bridgehead atoms. The number of anilines is 1. The van der Waals surface area contributed by atoms with Crippen LogP contribution >= 0.6 is 0 Å². The van der Waals surface area contributed by atoms with Crippen LogP contribution in [-0.4, -0.2) is 33.7 Å². The van der Waals surface area contributed by atoms with Crippen molar-refractivity contribution in [2.75, 3.05) is 12.8 Å². The average molecular weight is 358 g/mol. The zero-order valence-corrected chi connectivity index (χ0v) is 15.6. The SMILES string of the molecule is CNN(Cc1cc(-c2ccnc(N)n2)ccc1CN)C(=O)OC(C)(C)C. The van der Waals surface area contributed by atoms with Gasteiger partial charge in [-0.3, -0.25) is 0 Å². The fourth-order valence-corrected chi connectivity index (χ4v) is 2.39. The number of hydrogen-bond donors (Lipinski definition) is 3. The summed E-state index contributed by atoms with van der Waals surface area (Å²) in [6.07, 6.45) is 1.15. The van der Waals surface area contributed by atoms with E-state index < -0.39 is 11.7 Å². The first kappa shape index (κ1) is 19.6. The van der Waals surface area contributed by atoms with Gasteiger partial charge in [-0.1, -0.05) is 12.1 Å². The van der Waals surface area contributed by atoms with Gasteiger partial charge in [0.1, 0.15) is 5.60 Å². The van der Waals surface area contributed by atoms with Gasteiger partial charge in [-0.2, -0.15) is 0 Å². The second-order valence-corrected chi connectivity index (χ2v) is 6.78. The van der Waals surface area contributed by atoms with Crippen molar-refractivity contribution in [3.8, 4) is 11.3 Å². The number of carbonyl (C=O) groups is 1. The monoisotopic (exact) mass is 358 g/mol. The van der Waals surface area contributed by atoms with E-state index in [0.717, 1.165) is 16.7 Å². The zero-order chi connectivity index (χ0) is 19.3. The van der Waals surface area contributed by atoms with Crippen LogP contribution in [0, 0.1) is 0 Å². The van der Waals surface area contributed by atoms with Crippen LogP contribution in [0.2, 0.25) is 0 Å². The molecule has 8 heteroatoms. The van der Waals surface area contributed by atoms with Gasteiger partial charge in [-0.15, -0.1) is 0 Å². The Morgan fingerprint density at radius 2 is 2.00 bits per heavy atom. The lowest BCUT2D eigenvalue weighted by atomic mass is 10.0. The molecule has 0 radical (unpaired) electrons. The number of benzene rings is 1. The van der Waals surface area contributed by atoms with Crippen molar-refractivity contribution in [1.29, 1.82) is 0 Å². The molecule has 0 saturated carbocycles. The van der Waals surface area contributed by atoms with E-state index in [0.29, 0.717) is 18.8 Å². The maximum absolute atomic E-state index is 12.4. The van der Waals surface area contributed by atoms with Gasteiger partial charge in [-0.25, -0.2) is 25.2 Å². The van der Waals surface area contributed by atoms with Crippen LogP contribution in [0.3, 0.4) is 0 Å². The first-order valence-corrected chi connectivity index (χ1v) is 8.32. The summed E-state index contributed by atoms with van der Waals surface area (Å²) in [5.74, 6) is 0.206. The van der Waals surface area contributed by atoms with Gasteiger partial charge in [0.25, 0.3) is 0 Å². The highest BCUT2D eigenvalue weighted by molar-refractivity contribution is 5.68. The number of nitrogens with two attached hydrogens (primary N) is 2. The number of amides is 1. The van der Waals surface area contributed by atoms with Crippen LogP contribution in [0.25, 0.3) is 11.3 Å². The van der Waals surface area contributed by atoms with Crippen LogP contribution in [0.1, 0.15) is 31.9 Å². The number of rotatable bonds is 5. The lowest BCUT2D eigenvalue weighted by molar-refractivity contribution is 0.0139. The summed E-state index contributed by atoms with van der Waals surface area (Å²) in [4.78, 5) is 20.5. The number of ether oxygens (including phenoxy) is 1. The summed E-state index contributed by atoms with van der Waals surface area (Å²) in [7, 11) is 1.67. The molecule has 140 valence electrons. The topological polar surface area (TPSA) is 119 Å². The standard InChI is InChI=1S/C18H26N6O2/c1-18(2,3)26-17(25)24(21-4)11-14-9-12(5-6-13(14)10-19)15-7-8-22-16(20)23-15/h5-9,21H,10-11,19H2,1-4H3,(H2,20,22,23). The highest BCUT2D eigenvalue weighted by Gasteiger charge is 2.22. The van der Waals surface area contributed by atoms with Crippen molar-refractivity contribution in [2.24, 2.45) is 5.73 Å². The minimum atomic E-state index is -0.580. The highest BCUT2D eigenvalue weighted by atomic mass is 16.6. The quantitative estimate of drug-likeness (QED) is 0.700. The number of aromatic nitrogens is 2. The van der Waals surface area contributed by atoms with Crippen LogP contribution < -0.4 is 16.9 Å². The van der Waals surface area contributed by atoms with Crippen molar-refractivity contribution in [2.45, 2.75) is 39.5 Å². The van der Waals surface area contributed by atoms with Gasteiger partial charge in [0.15, 0.2) is 0 Å². The number of carbonyl (C=O) groups excluding carboxylic acids is 1. The first-order valence-electron chi connectivity index (χ1n) is 8.32. The van der Waals surface area contributed by atoms with E-state index in [9.17, 15) is 4.79 Å². The molecule has 26 heavy (non-hydrogen) atoms. The molecule has 0 saturated heterocycles. The molecular formula is C18H26N6O2. The van der Waals surface area contributed by atoms with Crippen LogP contribution in [0.5, 0.6) is 0 Å². The molecule has 0 spiro atoms. The predicted octanol–water partition coefficient (Wildman–Crippen LogP) is 2.06. The lowest BCUT2D eigenvalue weighted by Crippen LogP contribution is -2.43. The molecule has 0 aliphatic heterocycles. The third kappa shape index (κ3) is 5.14. The molecule has 0 unspecified atom stereocenters. The fourth-order valence-electron chi connectivity index (χ4n) is 2.39. The van der Waals surface area contributed by atoms with Crippen molar-refractivity contribution >= 4 is 12.0 Å². The molecule has 0 aliphatic carbocycles. The predicted molar refractivity (Wildman–Crippen MR) is 101 cm³/mol. The summed E-state index contributed by atoms with van der Waals surface area (Å²) in [6, 6.07) is 7.57. The first-order chi connectivity index (χ1) is 12.2. The third-order valence-corrected chi connectivity index (χ3v) is 3.61. The van der Waals surface area contributed by atoms with Gasteiger partial charge < -0.3 is 16.2 Å². The lowest BCUT2D eigenvalue weighted by Gasteiger charge is -2.27. The molecule has 0 atom stereocenters.